The molecule has 1 aliphatic rings. The number of carbonyl (C=O) groups is 2. The molecule has 5 nitrogen and oxygen atoms in total. The summed E-state index contributed by atoms with van der Waals surface area (Å²) in [7, 11) is 0. The first-order valence-electron chi connectivity index (χ1n) is 8.41. The second-order valence-electron chi connectivity index (χ2n) is 7.75. The van der Waals surface area contributed by atoms with E-state index in [1.54, 1.807) is 0 Å². The van der Waals surface area contributed by atoms with Gasteiger partial charge in [-0.25, -0.2) is 0 Å². The van der Waals surface area contributed by atoms with Gasteiger partial charge >= 0.3 is 5.97 Å². The average Bonchev–Trinajstić information content (AvgIpc) is 3.11. The molecule has 1 saturated carbocycles. The highest BCUT2D eigenvalue weighted by atomic mass is 16.4. The van der Waals surface area contributed by atoms with Gasteiger partial charge in [-0.3, -0.25) is 9.59 Å². The molecule has 0 saturated heterocycles. The van der Waals surface area contributed by atoms with E-state index in [2.05, 4.69) is 43.2 Å². The number of aromatic amines is 1. The van der Waals surface area contributed by atoms with Crippen molar-refractivity contribution in [2.24, 2.45) is 5.92 Å². The fraction of sp³-hybridized carbons (Fsp3) is 0.474. The van der Waals surface area contributed by atoms with Gasteiger partial charge in [0.1, 0.15) is 5.69 Å². The van der Waals surface area contributed by atoms with E-state index < -0.39 is 5.97 Å². The van der Waals surface area contributed by atoms with Crippen LogP contribution in [0.15, 0.2) is 24.3 Å². The maximum Gasteiger partial charge on any atom is 0.306 e. The fourth-order valence-electron chi connectivity index (χ4n) is 3.32. The Morgan fingerprint density at radius 1 is 1.21 bits per heavy atom. The molecule has 1 heterocycles. The van der Waals surface area contributed by atoms with Gasteiger partial charge < -0.3 is 15.4 Å². The zero-order valence-corrected chi connectivity index (χ0v) is 14.3. The second kappa shape index (κ2) is 5.96. The van der Waals surface area contributed by atoms with E-state index >= 15 is 0 Å². The minimum atomic E-state index is -0.771. The molecule has 0 spiro atoms. The van der Waals surface area contributed by atoms with Gasteiger partial charge in [-0.2, -0.15) is 0 Å². The summed E-state index contributed by atoms with van der Waals surface area (Å²) in [6, 6.07) is 7.99. The minimum Gasteiger partial charge on any atom is -0.481 e. The van der Waals surface area contributed by atoms with Gasteiger partial charge in [-0.15, -0.1) is 0 Å². The Bertz CT molecular complexity index is 785. The van der Waals surface area contributed by atoms with Crippen LogP contribution in [0.3, 0.4) is 0 Å². The van der Waals surface area contributed by atoms with Crippen LogP contribution in [0.1, 0.15) is 56.1 Å². The highest BCUT2D eigenvalue weighted by Gasteiger charge is 2.30. The molecule has 0 bridgehead atoms. The van der Waals surface area contributed by atoms with E-state index in [0.717, 1.165) is 17.3 Å². The highest BCUT2D eigenvalue weighted by Crippen LogP contribution is 2.28. The van der Waals surface area contributed by atoms with Crippen LogP contribution in [-0.4, -0.2) is 28.0 Å². The third kappa shape index (κ3) is 3.30. The summed E-state index contributed by atoms with van der Waals surface area (Å²) < 4.78 is 0. The molecule has 5 heteroatoms. The van der Waals surface area contributed by atoms with Crippen molar-refractivity contribution in [1.29, 1.82) is 0 Å². The molecule has 1 aromatic heterocycles. The van der Waals surface area contributed by atoms with Crippen molar-refractivity contribution < 1.29 is 14.7 Å². The molecule has 2 atom stereocenters. The number of aliphatic carboxylic acids is 1. The van der Waals surface area contributed by atoms with E-state index in [1.807, 2.05) is 12.1 Å². The normalized spacial score (nSPS) is 21.1. The number of nitrogens with one attached hydrogen (secondary N) is 2. The van der Waals surface area contributed by atoms with Crippen LogP contribution in [0.5, 0.6) is 0 Å². The lowest BCUT2D eigenvalue weighted by Crippen LogP contribution is -2.33. The van der Waals surface area contributed by atoms with Crippen LogP contribution >= 0.6 is 0 Å². The number of rotatable bonds is 3. The number of H-pyrrole nitrogens is 1. The van der Waals surface area contributed by atoms with E-state index in [1.165, 1.54) is 5.56 Å². The molecule has 24 heavy (non-hydrogen) atoms. The first-order valence-corrected chi connectivity index (χ1v) is 8.41. The van der Waals surface area contributed by atoms with Gasteiger partial charge in [0, 0.05) is 16.9 Å². The van der Waals surface area contributed by atoms with Gasteiger partial charge in [0.25, 0.3) is 5.91 Å². The topological polar surface area (TPSA) is 82.2 Å². The van der Waals surface area contributed by atoms with Gasteiger partial charge in [-0.1, -0.05) is 32.9 Å². The zero-order valence-electron chi connectivity index (χ0n) is 14.3. The zero-order chi connectivity index (χ0) is 17.5. The SMILES string of the molecule is CC(C)(C)c1ccc2cc(C(=O)N[C@H]3CC[C@@H](C(=O)O)C3)[nH]c2c1. The Morgan fingerprint density at radius 2 is 1.96 bits per heavy atom. The van der Waals surface area contributed by atoms with Crippen molar-refractivity contribution in [3.05, 3.63) is 35.5 Å². The second-order valence-corrected chi connectivity index (χ2v) is 7.75. The van der Waals surface area contributed by atoms with Crippen LogP contribution < -0.4 is 5.32 Å². The minimum absolute atomic E-state index is 0.0530. The number of amides is 1. The molecule has 1 fully saturated rings. The Kier molecular flexibility index (Phi) is 4.11. The van der Waals surface area contributed by atoms with E-state index in [9.17, 15) is 9.59 Å². The van der Waals surface area contributed by atoms with Crippen molar-refractivity contribution in [2.75, 3.05) is 0 Å². The predicted octanol–water partition coefficient (Wildman–Crippen LogP) is 3.45. The number of benzene rings is 1. The summed E-state index contributed by atoms with van der Waals surface area (Å²) in [5, 5.41) is 13.0. The van der Waals surface area contributed by atoms with Crippen molar-refractivity contribution in [2.45, 2.75) is 51.5 Å². The van der Waals surface area contributed by atoms with Crippen LogP contribution in [0.25, 0.3) is 10.9 Å². The number of hydrogen-bond acceptors (Lipinski definition) is 2. The predicted molar refractivity (Wildman–Crippen MR) is 93.2 cm³/mol. The van der Waals surface area contributed by atoms with E-state index in [4.69, 9.17) is 5.11 Å². The number of aromatic nitrogens is 1. The van der Waals surface area contributed by atoms with Gasteiger partial charge in [0.05, 0.1) is 5.92 Å². The monoisotopic (exact) mass is 328 g/mol. The molecule has 0 unspecified atom stereocenters. The number of carboxylic acid groups (broad SMARTS) is 1. The van der Waals surface area contributed by atoms with Crippen LogP contribution in [0, 0.1) is 5.92 Å². The van der Waals surface area contributed by atoms with Crippen LogP contribution in [0.4, 0.5) is 0 Å². The molecule has 3 N–H and O–H groups in total. The van der Waals surface area contributed by atoms with Gasteiger partial charge in [0.15, 0.2) is 0 Å². The smallest absolute Gasteiger partial charge is 0.306 e. The Labute approximate surface area is 141 Å². The number of hydrogen-bond donors (Lipinski definition) is 3. The number of carboxylic acids is 1. The first-order chi connectivity index (χ1) is 11.2. The largest absolute Gasteiger partial charge is 0.481 e. The van der Waals surface area contributed by atoms with Crippen molar-refractivity contribution in [3.63, 3.8) is 0 Å². The summed E-state index contributed by atoms with van der Waals surface area (Å²) in [6.45, 7) is 6.47. The first kappa shape index (κ1) is 16.6. The van der Waals surface area contributed by atoms with Gasteiger partial charge in [-0.05, 0) is 42.4 Å². The Morgan fingerprint density at radius 3 is 2.58 bits per heavy atom. The lowest BCUT2D eigenvalue weighted by molar-refractivity contribution is -0.141. The Balaban J connectivity index is 1.75. The summed E-state index contributed by atoms with van der Waals surface area (Å²) in [5.74, 6) is -1.28. The van der Waals surface area contributed by atoms with E-state index in [-0.39, 0.29) is 23.3 Å². The summed E-state index contributed by atoms with van der Waals surface area (Å²) >= 11 is 0. The van der Waals surface area contributed by atoms with Crippen LogP contribution in [0.2, 0.25) is 0 Å². The van der Waals surface area contributed by atoms with Gasteiger partial charge in [0.2, 0.25) is 0 Å². The highest BCUT2D eigenvalue weighted by molar-refractivity contribution is 5.98. The third-order valence-corrected chi connectivity index (χ3v) is 4.85. The van der Waals surface area contributed by atoms with Crippen molar-refractivity contribution in [3.8, 4) is 0 Å². The van der Waals surface area contributed by atoms with E-state index in [0.29, 0.717) is 18.5 Å². The lowest BCUT2D eigenvalue weighted by atomic mass is 9.87. The average molecular weight is 328 g/mol. The molecule has 0 radical (unpaired) electrons. The summed E-state index contributed by atoms with van der Waals surface area (Å²) in [5.41, 5.74) is 2.73. The maximum absolute atomic E-state index is 12.4. The number of fused-ring (bicyclic) bond motifs is 1. The fourth-order valence-corrected chi connectivity index (χ4v) is 3.32. The third-order valence-electron chi connectivity index (χ3n) is 4.85. The molecule has 1 aliphatic carbocycles. The lowest BCUT2D eigenvalue weighted by Gasteiger charge is -2.18. The molecule has 3 rings (SSSR count). The molecule has 128 valence electrons. The van der Waals surface area contributed by atoms with Crippen molar-refractivity contribution >= 4 is 22.8 Å². The molecule has 0 aliphatic heterocycles. The van der Waals surface area contributed by atoms with Crippen LogP contribution in [-0.2, 0) is 10.2 Å². The standard InChI is InChI=1S/C19H24N2O3/c1-19(2,3)13-6-4-11-9-16(21-15(11)10-13)17(22)20-14-7-5-12(8-14)18(23)24/h4,6,9-10,12,14,21H,5,7-8H2,1-3H3,(H,20,22)(H,23,24)/t12-,14+/m1/s1. The Hall–Kier alpha value is -2.30. The summed E-state index contributed by atoms with van der Waals surface area (Å²) in [6.07, 6.45) is 1.86. The quantitative estimate of drug-likeness (QED) is 0.807. The maximum atomic E-state index is 12.4. The number of carbonyl (C=O) groups excluding carboxylic acids is 1. The molecule has 1 amide bonds. The summed E-state index contributed by atoms with van der Waals surface area (Å²) in [4.78, 5) is 26.6. The van der Waals surface area contributed by atoms with Crippen molar-refractivity contribution in [1.82, 2.24) is 10.3 Å². The molecule has 1 aromatic carbocycles. The molecular formula is C19H24N2O3. The molecular weight excluding hydrogens is 304 g/mol. The molecule has 2 aromatic rings.